The Bertz CT molecular complexity index is 493. The first-order valence-electron chi connectivity index (χ1n) is 6.23. The van der Waals surface area contributed by atoms with Gasteiger partial charge in [0.2, 0.25) is 0 Å². The monoisotopic (exact) mass is 265 g/mol. The molecule has 1 atom stereocenters. The molecule has 1 aliphatic rings. The largest absolute Gasteiger partial charge is 0.508 e. The molecule has 2 rings (SSSR count). The zero-order valence-electron chi connectivity index (χ0n) is 11.4. The van der Waals surface area contributed by atoms with Crippen LogP contribution in [0.4, 0.5) is 0 Å². The van der Waals surface area contributed by atoms with Gasteiger partial charge in [0.25, 0.3) is 0 Å². The minimum absolute atomic E-state index is 0.0438. The lowest BCUT2D eigenvalue weighted by atomic mass is 9.99. The second-order valence-electron chi connectivity index (χ2n) is 5.74. The van der Waals surface area contributed by atoms with Crippen LogP contribution < -0.4 is 4.74 Å². The lowest BCUT2D eigenvalue weighted by Crippen LogP contribution is -2.47. The number of fused-ring (bicyclic) bond motifs is 1. The molecule has 0 amide bonds. The molecule has 1 heterocycles. The minimum Gasteiger partial charge on any atom is -0.508 e. The van der Waals surface area contributed by atoms with Gasteiger partial charge in [0.05, 0.1) is 12.6 Å². The van der Waals surface area contributed by atoms with Crippen molar-refractivity contribution >= 4 is 5.97 Å². The molecule has 1 unspecified atom stereocenters. The summed E-state index contributed by atoms with van der Waals surface area (Å²) in [6, 6.07) is 4.86. The molecule has 0 bridgehead atoms. The summed E-state index contributed by atoms with van der Waals surface area (Å²) in [6.07, 6.45) is 0. The van der Waals surface area contributed by atoms with E-state index >= 15 is 0 Å². The fourth-order valence-electron chi connectivity index (χ4n) is 2.40. The molecule has 0 spiro atoms. The van der Waals surface area contributed by atoms with E-state index in [0.29, 0.717) is 12.4 Å². The second kappa shape index (κ2) is 4.74. The highest BCUT2D eigenvalue weighted by Crippen LogP contribution is 2.40. The lowest BCUT2D eigenvalue weighted by molar-refractivity contribution is -0.140. The Labute approximate surface area is 112 Å². The molecule has 1 aromatic carbocycles. The van der Waals surface area contributed by atoms with Crippen molar-refractivity contribution in [1.29, 1.82) is 0 Å². The van der Waals surface area contributed by atoms with Gasteiger partial charge in [-0.25, -0.2) is 0 Å². The van der Waals surface area contributed by atoms with Gasteiger partial charge < -0.3 is 14.9 Å². The Morgan fingerprint density at radius 1 is 1.47 bits per heavy atom. The molecule has 0 radical (unpaired) electrons. The summed E-state index contributed by atoms with van der Waals surface area (Å²) < 4.78 is 5.56. The lowest BCUT2D eigenvalue weighted by Gasteiger charge is -2.38. The number of aromatic hydroxyl groups is 1. The number of phenolic OH excluding ortho intramolecular Hbond substituents is 1. The number of carbonyl (C=O) groups is 1. The van der Waals surface area contributed by atoms with Crippen molar-refractivity contribution in [3.8, 4) is 11.5 Å². The summed E-state index contributed by atoms with van der Waals surface area (Å²) in [5, 5.41) is 18.5. The second-order valence-corrected chi connectivity index (χ2v) is 5.74. The number of aliphatic carboxylic acids is 1. The van der Waals surface area contributed by atoms with Crippen molar-refractivity contribution in [1.82, 2.24) is 4.90 Å². The van der Waals surface area contributed by atoms with Crippen LogP contribution in [0.3, 0.4) is 0 Å². The smallest absolute Gasteiger partial charge is 0.317 e. The maximum atomic E-state index is 11.1. The third kappa shape index (κ3) is 2.81. The number of ether oxygens (including phenoxy) is 1. The van der Waals surface area contributed by atoms with E-state index in [1.54, 1.807) is 18.2 Å². The van der Waals surface area contributed by atoms with E-state index in [1.165, 1.54) is 0 Å². The van der Waals surface area contributed by atoms with Crippen molar-refractivity contribution in [2.45, 2.75) is 32.4 Å². The van der Waals surface area contributed by atoms with Gasteiger partial charge in [0.1, 0.15) is 18.1 Å². The van der Waals surface area contributed by atoms with Gasteiger partial charge in [-0.2, -0.15) is 0 Å². The molecule has 19 heavy (non-hydrogen) atoms. The molecule has 5 nitrogen and oxygen atoms in total. The maximum Gasteiger partial charge on any atom is 0.317 e. The van der Waals surface area contributed by atoms with Crippen LogP contribution in [0.5, 0.6) is 11.5 Å². The van der Waals surface area contributed by atoms with E-state index in [2.05, 4.69) is 0 Å². The van der Waals surface area contributed by atoms with Gasteiger partial charge in [0.15, 0.2) is 0 Å². The summed E-state index contributed by atoms with van der Waals surface area (Å²) in [4.78, 5) is 13.0. The molecule has 104 valence electrons. The zero-order valence-corrected chi connectivity index (χ0v) is 11.4. The number of hydrogen-bond donors (Lipinski definition) is 2. The van der Waals surface area contributed by atoms with Crippen LogP contribution in [0.2, 0.25) is 0 Å². The first-order chi connectivity index (χ1) is 8.79. The van der Waals surface area contributed by atoms with E-state index in [9.17, 15) is 9.90 Å². The third-order valence-electron chi connectivity index (χ3n) is 3.30. The molecular formula is C14H19NO4. The van der Waals surface area contributed by atoms with Crippen LogP contribution in [0.25, 0.3) is 0 Å². The number of nitrogens with zero attached hydrogens (tertiary/aromatic N) is 1. The molecular weight excluding hydrogens is 246 g/mol. The summed E-state index contributed by atoms with van der Waals surface area (Å²) in [6.45, 7) is 6.30. The van der Waals surface area contributed by atoms with Gasteiger partial charge in [-0.1, -0.05) is 0 Å². The number of carboxylic acids is 1. The third-order valence-corrected chi connectivity index (χ3v) is 3.30. The number of carboxylic acid groups (broad SMARTS) is 1. The predicted molar refractivity (Wildman–Crippen MR) is 70.4 cm³/mol. The molecule has 1 aliphatic heterocycles. The normalized spacial score (nSPS) is 18.2. The van der Waals surface area contributed by atoms with Crippen LogP contribution in [-0.4, -0.2) is 39.8 Å². The average molecular weight is 265 g/mol. The maximum absolute atomic E-state index is 11.1. The number of phenols is 1. The quantitative estimate of drug-likeness (QED) is 0.875. The Balaban J connectivity index is 2.33. The van der Waals surface area contributed by atoms with Crippen molar-refractivity contribution in [3.05, 3.63) is 23.8 Å². The standard InChI is InChI=1S/C14H19NO4/c1-14(2,3)15(7-13(17)18)11-8-19-12-6-9(16)4-5-10(11)12/h4-6,11,16H,7-8H2,1-3H3,(H,17,18). The van der Waals surface area contributed by atoms with Crippen LogP contribution >= 0.6 is 0 Å². The van der Waals surface area contributed by atoms with Gasteiger partial charge in [-0.3, -0.25) is 9.69 Å². The van der Waals surface area contributed by atoms with Crippen molar-refractivity contribution in [2.75, 3.05) is 13.2 Å². The van der Waals surface area contributed by atoms with Crippen molar-refractivity contribution < 1.29 is 19.7 Å². The van der Waals surface area contributed by atoms with Gasteiger partial charge >= 0.3 is 5.97 Å². The first-order valence-corrected chi connectivity index (χ1v) is 6.23. The summed E-state index contributed by atoms with van der Waals surface area (Å²) in [5.74, 6) is -0.0771. The molecule has 1 aromatic rings. The minimum atomic E-state index is -0.859. The molecule has 2 N–H and O–H groups in total. The highest BCUT2D eigenvalue weighted by molar-refractivity contribution is 5.69. The van der Waals surface area contributed by atoms with E-state index in [4.69, 9.17) is 9.84 Å². The molecule has 5 heteroatoms. The fraction of sp³-hybridized carbons (Fsp3) is 0.500. The molecule has 0 aromatic heterocycles. The SMILES string of the molecule is CC(C)(C)N(CC(=O)O)C1COc2cc(O)ccc21. The first kappa shape index (κ1) is 13.7. The Kier molecular flexibility index (Phi) is 3.41. The van der Waals surface area contributed by atoms with Crippen LogP contribution in [0.1, 0.15) is 32.4 Å². The average Bonchev–Trinajstić information content (AvgIpc) is 2.66. The van der Waals surface area contributed by atoms with Crippen LogP contribution in [0.15, 0.2) is 18.2 Å². The molecule has 0 fully saturated rings. The number of rotatable bonds is 3. The van der Waals surface area contributed by atoms with E-state index < -0.39 is 5.97 Å². The topological polar surface area (TPSA) is 70.0 Å². The summed E-state index contributed by atoms with van der Waals surface area (Å²) in [7, 11) is 0. The highest BCUT2D eigenvalue weighted by atomic mass is 16.5. The van der Waals surface area contributed by atoms with E-state index in [1.807, 2.05) is 25.7 Å². The van der Waals surface area contributed by atoms with Crippen LogP contribution in [0, 0.1) is 0 Å². The molecule has 0 saturated heterocycles. The van der Waals surface area contributed by atoms with Gasteiger partial charge in [0, 0.05) is 17.2 Å². The molecule has 0 aliphatic carbocycles. The van der Waals surface area contributed by atoms with Crippen molar-refractivity contribution in [2.24, 2.45) is 0 Å². The number of benzene rings is 1. The predicted octanol–water partition coefficient (Wildman–Crippen LogP) is 2.01. The van der Waals surface area contributed by atoms with Crippen LogP contribution in [-0.2, 0) is 4.79 Å². The van der Waals surface area contributed by atoms with E-state index in [0.717, 1.165) is 5.56 Å². The zero-order chi connectivity index (χ0) is 14.2. The van der Waals surface area contributed by atoms with Gasteiger partial charge in [-0.05, 0) is 32.9 Å². The van der Waals surface area contributed by atoms with Gasteiger partial charge in [-0.15, -0.1) is 0 Å². The Hall–Kier alpha value is -1.75. The molecule has 0 saturated carbocycles. The highest BCUT2D eigenvalue weighted by Gasteiger charge is 2.36. The summed E-state index contributed by atoms with van der Waals surface area (Å²) >= 11 is 0. The van der Waals surface area contributed by atoms with E-state index in [-0.39, 0.29) is 23.9 Å². The summed E-state index contributed by atoms with van der Waals surface area (Å²) in [5.41, 5.74) is 0.639. The fourth-order valence-corrected chi connectivity index (χ4v) is 2.40. The Morgan fingerprint density at radius 3 is 2.74 bits per heavy atom. The number of hydrogen-bond acceptors (Lipinski definition) is 4. The Morgan fingerprint density at radius 2 is 2.16 bits per heavy atom. The van der Waals surface area contributed by atoms with Crippen molar-refractivity contribution in [3.63, 3.8) is 0 Å².